The third-order valence-electron chi connectivity index (χ3n) is 5.12. The van der Waals surface area contributed by atoms with Gasteiger partial charge in [-0.3, -0.25) is 9.36 Å². The molecule has 0 aliphatic carbocycles. The highest BCUT2D eigenvalue weighted by Crippen LogP contribution is 2.30. The van der Waals surface area contributed by atoms with Gasteiger partial charge in [-0.15, -0.1) is 0 Å². The first-order valence-corrected chi connectivity index (χ1v) is 10.9. The molecule has 0 bridgehead atoms. The van der Waals surface area contributed by atoms with Crippen molar-refractivity contribution in [3.63, 3.8) is 0 Å². The Labute approximate surface area is 188 Å². The van der Waals surface area contributed by atoms with Crippen molar-refractivity contribution < 1.29 is 19.4 Å². The number of carbonyl (C=O) groups is 1. The third-order valence-corrected chi connectivity index (χ3v) is 6.11. The van der Waals surface area contributed by atoms with E-state index in [4.69, 9.17) is 9.47 Å². The maximum atomic E-state index is 13.5. The number of esters is 1. The number of thiazole rings is 1. The van der Waals surface area contributed by atoms with E-state index in [2.05, 4.69) is 4.99 Å². The van der Waals surface area contributed by atoms with E-state index in [0.29, 0.717) is 38.5 Å². The normalized spacial score (nSPS) is 15.8. The maximum absolute atomic E-state index is 13.5. The van der Waals surface area contributed by atoms with Crippen LogP contribution in [0, 0.1) is 0 Å². The molecule has 7 nitrogen and oxygen atoms in total. The first-order chi connectivity index (χ1) is 15.4. The van der Waals surface area contributed by atoms with Crippen LogP contribution in [0.25, 0.3) is 6.08 Å². The monoisotopic (exact) mass is 450 g/mol. The summed E-state index contributed by atoms with van der Waals surface area (Å²) in [5, 5.41) is 9.95. The quantitative estimate of drug-likeness (QED) is 0.604. The van der Waals surface area contributed by atoms with E-state index in [1.807, 2.05) is 37.3 Å². The van der Waals surface area contributed by atoms with E-state index in [-0.39, 0.29) is 11.3 Å². The molecule has 3 aromatic rings. The van der Waals surface area contributed by atoms with Gasteiger partial charge in [0.1, 0.15) is 0 Å². The Hall–Kier alpha value is -3.65. The Morgan fingerprint density at radius 1 is 1.25 bits per heavy atom. The van der Waals surface area contributed by atoms with Gasteiger partial charge in [0.2, 0.25) is 0 Å². The standard InChI is InChI=1S/C24H22N2O5S/c1-4-31-18-12-15(10-11-17(18)27)13-19-22(28)26-21(16-8-6-5-7-9-16)20(23(29)30-3)14(2)25-24(26)32-19/h5-13,21,27H,4H2,1-3H3. The number of nitrogens with zero attached hydrogens (tertiary/aromatic N) is 2. The summed E-state index contributed by atoms with van der Waals surface area (Å²) < 4.78 is 12.4. The Balaban J connectivity index is 1.92. The molecule has 0 radical (unpaired) electrons. The Morgan fingerprint density at radius 3 is 2.69 bits per heavy atom. The molecule has 164 valence electrons. The van der Waals surface area contributed by atoms with Gasteiger partial charge in [-0.2, -0.15) is 0 Å². The smallest absolute Gasteiger partial charge is 0.338 e. The zero-order valence-corrected chi connectivity index (χ0v) is 18.7. The highest BCUT2D eigenvalue weighted by molar-refractivity contribution is 7.07. The van der Waals surface area contributed by atoms with Crippen LogP contribution in [-0.2, 0) is 9.53 Å². The summed E-state index contributed by atoms with van der Waals surface area (Å²) in [4.78, 5) is 31.1. The van der Waals surface area contributed by atoms with Gasteiger partial charge in [0.05, 0.1) is 35.6 Å². The van der Waals surface area contributed by atoms with Crippen LogP contribution in [-0.4, -0.2) is 29.4 Å². The SMILES string of the molecule is CCOc1cc(C=c2sc3n(c2=O)C(c2ccccc2)C(C(=O)OC)=C(C)N=3)ccc1O. The van der Waals surface area contributed by atoms with Gasteiger partial charge in [-0.1, -0.05) is 47.7 Å². The van der Waals surface area contributed by atoms with E-state index in [9.17, 15) is 14.7 Å². The number of rotatable bonds is 5. The number of allylic oxidation sites excluding steroid dienone is 1. The van der Waals surface area contributed by atoms with Gasteiger partial charge in [0, 0.05) is 0 Å². The molecule has 0 spiro atoms. The molecule has 4 rings (SSSR count). The lowest BCUT2D eigenvalue weighted by Gasteiger charge is -2.24. The molecule has 0 fully saturated rings. The highest BCUT2D eigenvalue weighted by atomic mass is 32.1. The lowest BCUT2D eigenvalue weighted by molar-refractivity contribution is -0.136. The predicted molar refractivity (Wildman–Crippen MR) is 121 cm³/mol. The zero-order valence-electron chi connectivity index (χ0n) is 17.9. The number of phenolic OH excluding ortho intramolecular Hbond substituents is 1. The number of hydrogen-bond acceptors (Lipinski definition) is 7. The van der Waals surface area contributed by atoms with Crippen molar-refractivity contribution in [2.45, 2.75) is 19.9 Å². The van der Waals surface area contributed by atoms with Crippen LogP contribution in [0.4, 0.5) is 0 Å². The van der Waals surface area contributed by atoms with Crippen molar-refractivity contribution in [1.82, 2.24) is 4.57 Å². The van der Waals surface area contributed by atoms with Crippen molar-refractivity contribution in [2.75, 3.05) is 13.7 Å². The summed E-state index contributed by atoms with van der Waals surface area (Å²) in [5.41, 5.74) is 2.08. The van der Waals surface area contributed by atoms with Crippen molar-refractivity contribution in [2.24, 2.45) is 4.99 Å². The highest BCUT2D eigenvalue weighted by Gasteiger charge is 2.32. The zero-order chi connectivity index (χ0) is 22.8. The maximum Gasteiger partial charge on any atom is 0.338 e. The molecule has 1 N–H and O–H groups in total. The predicted octanol–water partition coefficient (Wildman–Crippen LogP) is 2.51. The average Bonchev–Trinajstić information content (AvgIpc) is 3.09. The fraction of sp³-hybridized carbons (Fsp3) is 0.208. The first-order valence-electron chi connectivity index (χ1n) is 10.1. The minimum absolute atomic E-state index is 0.0351. The van der Waals surface area contributed by atoms with E-state index >= 15 is 0 Å². The van der Waals surface area contributed by atoms with Gasteiger partial charge >= 0.3 is 5.97 Å². The number of fused-ring (bicyclic) bond motifs is 1. The van der Waals surface area contributed by atoms with E-state index < -0.39 is 12.0 Å². The van der Waals surface area contributed by atoms with Gasteiger partial charge < -0.3 is 14.6 Å². The van der Waals surface area contributed by atoms with Gasteiger partial charge in [-0.25, -0.2) is 9.79 Å². The molecule has 1 aliphatic heterocycles. The molecule has 8 heteroatoms. The van der Waals surface area contributed by atoms with E-state index in [0.717, 1.165) is 5.56 Å². The number of ether oxygens (including phenoxy) is 2. The minimum Gasteiger partial charge on any atom is -0.504 e. The fourth-order valence-electron chi connectivity index (χ4n) is 3.69. The van der Waals surface area contributed by atoms with Crippen molar-refractivity contribution in [1.29, 1.82) is 0 Å². The lowest BCUT2D eigenvalue weighted by Crippen LogP contribution is -2.39. The van der Waals surface area contributed by atoms with Crippen LogP contribution in [0.3, 0.4) is 0 Å². The molecule has 2 aromatic carbocycles. The molecule has 0 saturated carbocycles. The van der Waals surface area contributed by atoms with Crippen LogP contribution in [0.2, 0.25) is 0 Å². The summed E-state index contributed by atoms with van der Waals surface area (Å²) in [6.07, 6.45) is 1.73. The van der Waals surface area contributed by atoms with Crippen LogP contribution in [0.15, 0.2) is 69.6 Å². The first kappa shape index (κ1) is 21.6. The number of carbonyl (C=O) groups excluding carboxylic acids is 1. The van der Waals surface area contributed by atoms with Crippen LogP contribution in [0.5, 0.6) is 11.5 Å². The Morgan fingerprint density at radius 2 is 2.00 bits per heavy atom. The van der Waals surface area contributed by atoms with Gasteiger partial charge in [0.15, 0.2) is 16.3 Å². The number of hydrogen-bond donors (Lipinski definition) is 1. The van der Waals surface area contributed by atoms with Crippen LogP contribution in [0.1, 0.15) is 31.0 Å². The van der Waals surface area contributed by atoms with Gasteiger partial charge in [0.25, 0.3) is 5.56 Å². The summed E-state index contributed by atoms with van der Waals surface area (Å²) in [6, 6.07) is 13.6. The molecular formula is C24H22N2O5S. The van der Waals surface area contributed by atoms with Crippen LogP contribution < -0.4 is 19.6 Å². The van der Waals surface area contributed by atoms with Crippen molar-refractivity contribution in [3.05, 3.63) is 90.6 Å². The molecule has 32 heavy (non-hydrogen) atoms. The molecule has 0 amide bonds. The number of phenols is 1. The average molecular weight is 451 g/mol. The van der Waals surface area contributed by atoms with Crippen molar-refractivity contribution in [3.8, 4) is 11.5 Å². The van der Waals surface area contributed by atoms with Gasteiger partial charge in [-0.05, 0) is 43.2 Å². The molecular weight excluding hydrogens is 428 g/mol. The topological polar surface area (TPSA) is 90.1 Å². The molecule has 2 heterocycles. The molecule has 0 saturated heterocycles. The second-order valence-electron chi connectivity index (χ2n) is 7.14. The molecule has 1 aliphatic rings. The number of benzene rings is 2. The van der Waals surface area contributed by atoms with E-state index in [1.165, 1.54) is 29.1 Å². The summed E-state index contributed by atoms with van der Waals surface area (Å²) in [6.45, 7) is 3.98. The molecule has 1 atom stereocenters. The Bertz CT molecular complexity index is 1390. The number of aromatic nitrogens is 1. The summed E-state index contributed by atoms with van der Waals surface area (Å²) in [7, 11) is 1.32. The molecule has 1 aromatic heterocycles. The third kappa shape index (κ3) is 3.85. The number of aromatic hydroxyl groups is 1. The largest absolute Gasteiger partial charge is 0.504 e. The summed E-state index contributed by atoms with van der Waals surface area (Å²) >= 11 is 1.24. The number of methoxy groups -OCH3 is 1. The van der Waals surface area contributed by atoms with E-state index in [1.54, 1.807) is 25.1 Å². The molecule has 1 unspecified atom stereocenters. The fourth-order valence-corrected chi connectivity index (χ4v) is 4.73. The van der Waals surface area contributed by atoms with Crippen LogP contribution >= 0.6 is 11.3 Å². The minimum atomic E-state index is -0.638. The summed E-state index contributed by atoms with van der Waals surface area (Å²) in [5.74, 6) is -0.137. The lowest BCUT2D eigenvalue weighted by atomic mass is 9.96. The second kappa shape index (κ2) is 8.84. The van der Waals surface area contributed by atoms with Crippen molar-refractivity contribution >= 4 is 23.4 Å². The Kier molecular flexibility index (Phi) is 5.96. The second-order valence-corrected chi connectivity index (χ2v) is 8.15.